The van der Waals surface area contributed by atoms with E-state index in [2.05, 4.69) is 102 Å². The van der Waals surface area contributed by atoms with Gasteiger partial charge < -0.3 is 53.0 Å². The smallest absolute Gasteiger partial charge is 0.410 e. The number of hydrogen-bond donors (Lipinski definition) is 0. The van der Waals surface area contributed by atoms with E-state index < -0.39 is 6.09 Å². The molecule has 4 saturated heterocycles. The number of hydrogen-bond acceptors (Lipinski definition) is 17. The van der Waals surface area contributed by atoms with Crippen LogP contribution in [0.15, 0.2) is 103 Å². The predicted octanol–water partition coefficient (Wildman–Crippen LogP) is 11.6. The van der Waals surface area contributed by atoms with Crippen LogP contribution in [0.25, 0.3) is 31.2 Å². The van der Waals surface area contributed by atoms with E-state index in [9.17, 15) is 10.1 Å². The van der Waals surface area contributed by atoms with Gasteiger partial charge in [-0.15, -0.1) is 0 Å². The van der Waals surface area contributed by atoms with Crippen LogP contribution in [0.3, 0.4) is 0 Å². The van der Waals surface area contributed by atoms with Gasteiger partial charge in [0.25, 0.3) is 0 Å². The van der Waals surface area contributed by atoms with Gasteiger partial charge in [-0.05, 0) is 92.5 Å². The molecule has 4 fully saturated rings. The maximum Gasteiger partial charge on any atom is 0.410 e. The summed E-state index contributed by atoms with van der Waals surface area (Å²) in [6, 6.07) is 34.6. The minimum Gasteiger partial charge on any atom is -0.462 e. The highest BCUT2D eigenvalue weighted by molar-refractivity contribution is 9.12. The van der Waals surface area contributed by atoms with Crippen molar-refractivity contribution in [3.8, 4) is 23.2 Å². The number of benzene rings is 5. The maximum atomic E-state index is 13.2. The Hall–Kier alpha value is -8.09. The second kappa shape index (κ2) is 30.4. The van der Waals surface area contributed by atoms with Crippen molar-refractivity contribution in [3.63, 3.8) is 0 Å². The number of carbonyl (C=O) groups excluding carboxylic acids is 1. The molecule has 0 bridgehead atoms. The molecule has 6 aliphatic heterocycles. The number of halogens is 3. The van der Waals surface area contributed by atoms with E-state index >= 15 is 0 Å². The van der Waals surface area contributed by atoms with Crippen molar-refractivity contribution in [3.05, 3.63) is 175 Å². The summed E-state index contributed by atoms with van der Waals surface area (Å²) in [5.74, 6) is 1.51. The molecule has 7 aromatic rings. The monoisotopic (exact) mass is 1330 g/mol. The molecule has 8 heterocycles. The zero-order chi connectivity index (χ0) is 63.4. The standard InChI is InChI=1S/C37H39ClN6O4.C30H32ClN7O2.CBrN/c1-39-20-28-21-43(17-18-44(28)37(45)48-22-25-9-4-3-5-10-25)35-30-24-46-33(29-14-6-11-26-12-7-15-31(38)34(26)29)19-32(30)40-36(41-35)47-23-27-13-8-16-42(27)2;1-33-15-22-16-37(12-13-38(22)19-32)29-24-18-39-27(23-9-3-6-20-7-4-10-25(31)28(20)23)14-26(24)34-30(35-29)40-17-21-8-5-11-36(21)2;2-1-3/h3-7,9-12,14-15,27-28,33H,8,13,16-24H2,2H3;3-4,6-7,9-10,21-22,27H,5,8,11-18H2,2H3;/t27-,28-,33-;21-,22-,27-;/m00./s1. The fraction of sp³-hybridized carbons (Fsp3) is 0.426. The number of likely N-dealkylation sites (tertiary alicyclic amines) is 2. The van der Waals surface area contributed by atoms with E-state index in [4.69, 9.17) is 85.2 Å². The van der Waals surface area contributed by atoms with Crippen LogP contribution in [0.1, 0.15) is 77.1 Å². The lowest BCUT2D eigenvalue weighted by Crippen LogP contribution is -2.57. The number of nitriles is 2. The molecule has 6 atom stereocenters. The Morgan fingerprint density at radius 2 is 1.12 bits per heavy atom. The minimum atomic E-state index is -0.415. The second-order valence-electron chi connectivity index (χ2n) is 23.6. The van der Waals surface area contributed by atoms with Crippen LogP contribution in [0.2, 0.25) is 10.0 Å². The van der Waals surface area contributed by atoms with Crippen LogP contribution < -0.4 is 19.3 Å². The van der Waals surface area contributed by atoms with E-state index in [-0.39, 0.29) is 44.0 Å². The van der Waals surface area contributed by atoms with Gasteiger partial charge in [0.05, 0.1) is 36.8 Å². The summed E-state index contributed by atoms with van der Waals surface area (Å²) in [4.78, 5) is 54.1. The molecule has 13 rings (SSSR count). The largest absolute Gasteiger partial charge is 0.462 e. The third-order valence-electron chi connectivity index (χ3n) is 18.1. The van der Waals surface area contributed by atoms with Crippen molar-refractivity contribution >= 4 is 78.4 Å². The van der Waals surface area contributed by atoms with E-state index in [1.165, 1.54) is 6.42 Å². The number of ether oxygens (including phenoxy) is 5. The molecule has 0 aliphatic carbocycles. The first kappa shape index (κ1) is 64.4. The van der Waals surface area contributed by atoms with Gasteiger partial charge in [0.2, 0.25) is 13.1 Å². The molecule has 91 heavy (non-hydrogen) atoms. The molecular weight excluding hydrogens is 1260 g/mol. The Morgan fingerprint density at radius 1 is 0.637 bits per heavy atom. The summed E-state index contributed by atoms with van der Waals surface area (Å²) in [6.07, 6.45) is 6.97. The van der Waals surface area contributed by atoms with E-state index in [1.54, 1.807) is 14.8 Å². The molecule has 1 amide bonds. The highest BCUT2D eigenvalue weighted by atomic mass is 79.9. The number of likely N-dealkylation sites (N-methyl/N-ethyl adjacent to an activating group) is 2. The fourth-order valence-corrected chi connectivity index (χ4v) is 13.8. The normalized spacial score (nSPS) is 21.4. The lowest BCUT2D eigenvalue weighted by atomic mass is 9.94. The highest BCUT2D eigenvalue weighted by Gasteiger charge is 2.39. The number of fused-ring (bicyclic) bond motifs is 4. The van der Waals surface area contributed by atoms with Gasteiger partial charge in [0.1, 0.15) is 48.5 Å². The molecular formula is C68H71BrCl2N14O6. The van der Waals surface area contributed by atoms with Gasteiger partial charge in [-0.1, -0.05) is 114 Å². The van der Waals surface area contributed by atoms with Crippen LogP contribution in [-0.4, -0.2) is 163 Å². The summed E-state index contributed by atoms with van der Waals surface area (Å²) in [7, 11) is 4.25. The molecule has 0 saturated carbocycles. The summed E-state index contributed by atoms with van der Waals surface area (Å²) in [6.45, 7) is 22.5. The zero-order valence-electron chi connectivity index (χ0n) is 51.0. The SMILES string of the molecule is N#CBr.[C-]#[N+]C[C@H]1CN(c2nc(OC[C@@H]3CCCN3C)nc3c2CO[C@H](c2cccc4cccc(Cl)c24)C3)CCN1C#N.[C-]#[N+]C[C@H]1CN(c2nc(OC[C@@H]3CCCN3C)nc3c2CO[C@H](c2cccc4cccc(Cl)c24)C3)CCN1C(=O)OCc1ccccc1. The first-order chi connectivity index (χ1) is 44.4. The topological polar surface area (TPSA) is 191 Å². The predicted molar refractivity (Wildman–Crippen MR) is 352 cm³/mol. The van der Waals surface area contributed by atoms with Crippen LogP contribution in [0.5, 0.6) is 12.0 Å². The van der Waals surface area contributed by atoms with Gasteiger partial charge in [0.15, 0.2) is 6.19 Å². The number of anilines is 2. The van der Waals surface area contributed by atoms with Crippen LogP contribution in [-0.2, 0) is 46.9 Å². The second-order valence-corrected chi connectivity index (χ2v) is 24.7. The molecule has 0 N–H and O–H groups in total. The van der Waals surface area contributed by atoms with Gasteiger partial charge >= 0.3 is 18.1 Å². The van der Waals surface area contributed by atoms with Crippen molar-refractivity contribution in [1.29, 1.82) is 10.5 Å². The van der Waals surface area contributed by atoms with Crippen molar-refractivity contribution in [1.82, 2.24) is 39.5 Å². The first-order valence-electron chi connectivity index (χ1n) is 30.8. The molecule has 0 spiro atoms. The molecule has 2 aromatic heterocycles. The Morgan fingerprint density at radius 3 is 1.60 bits per heavy atom. The molecule has 470 valence electrons. The average Bonchev–Trinajstić information content (AvgIpc) is 0.902. The average molecular weight is 1330 g/mol. The van der Waals surface area contributed by atoms with E-state index in [0.717, 1.165) is 105 Å². The van der Waals surface area contributed by atoms with Crippen molar-refractivity contribution in [2.75, 3.05) is 103 Å². The lowest BCUT2D eigenvalue weighted by Gasteiger charge is -2.40. The molecule has 20 nitrogen and oxygen atoms in total. The maximum absolute atomic E-state index is 13.2. The molecule has 5 aromatic carbocycles. The summed E-state index contributed by atoms with van der Waals surface area (Å²) in [5, 5.41) is 22.4. The Labute approximate surface area is 549 Å². The number of piperazine rings is 2. The van der Waals surface area contributed by atoms with Gasteiger partial charge in [-0.25, -0.2) is 17.9 Å². The lowest BCUT2D eigenvalue weighted by molar-refractivity contribution is 0.0263. The minimum absolute atomic E-state index is 0.155. The number of aromatic nitrogens is 4. The van der Waals surface area contributed by atoms with Crippen LogP contribution >= 0.6 is 39.1 Å². The van der Waals surface area contributed by atoms with Gasteiger partial charge in [-0.2, -0.15) is 30.5 Å². The van der Waals surface area contributed by atoms with Gasteiger partial charge in [0, 0.05) is 112 Å². The van der Waals surface area contributed by atoms with Crippen molar-refractivity contribution in [2.45, 2.75) is 94.7 Å². The first-order valence-corrected chi connectivity index (χ1v) is 32.3. The van der Waals surface area contributed by atoms with Crippen LogP contribution in [0.4, 0.5) is 16.4 Å². The Kier molecular flexibility index (Phi) is 21.5. The third-order valence-corrected chi connectivity index (χ3v) is 18.7. The highest BCUT2D eigenvalue weighted by Crippen LogP contribution is 2.42. The number of carbonyl (C=O) groups is 1. The molecule has 0 radical (unpaired) electrons. The Bertz CT molecular complexity index is 3890. The number of nitrogens with zero attached hydrogens (tertiary/aromatic N) is 14. The number of rotatable bonds is 14. The van der Waals surface area contributed by atoms with E-state index in [0.29, 0.717) is 113 Å². The van der Waals surface area contributed by atoms with Crippen LogP contribution in [0, 0.1) is 34.8 Å². The summed E-state index contributed by atoms with van der Waals surface area (Å²) < 4.78 is 31.2. The van der Waals surface area contributed by atoms with Gasteiger partial charge in [-0.3, -0.25) is 9.80 Å². The quantitative estimate of drug-likeness (QED) is 0.0737. The van der Waals surface area contributed by atoms with Crippen molar-refractivity contribution < 1.29 is 28.5 Å². The molecule has 0 unspecified atom stereocenters. The number of amides is 1. The summed E-state index contributed by atoms with van der Waals surface area (Å²) >= 11 is 15.8. The van der Waals surface area contributed by atoms with E-state index in [1.807, 2.05) is 66.7 Å². The molecule has 6 aliphatic rings. The zero-order valence-corrected chi connectivity index (χ0v) is 54.1. The Balaban J connectivity index is 0.000000182. The molecule has 23 heteroatoms. The van der Waals surface area contributed by atoms with Crippen molar-refractivity contribution in [2.24, 2.45) is 0 Å². The third kappa shape index (κ3) is 15.0. The summed E-state index contributed by atoms with van der Waals surface area (Å²) in [5.41, 5.74) is 6.62. The fourth-order valence-electron chi connectivity index (χ4n) is 13.2.